The summed E-state index contributed by atoms with van der Waals surface area (Å²) in [4.78, 5) is 0. The first-order chi connectivity index (χ1) is 4.43. The molecule has 3 heteroatoms. The summed E-state index contributed by atoms with van der Waals surface area (Å²) in [5.41, 5.74) is 2.62. The zero-order chi connectivity index (χ0) is 6.53. The van der Waals surface area contributed by atoms with Gasteiger partial charge in [-0.15, -0.1) is 0 Å². The Morgan fingerprint density at radius 1 is 1.78 bits per heavy atom. The van der Waals surface area contributed by atoms with E-state index in [9.17, 15) is 0 Å². The zero-order valence-electron chi connectivity index (χ0n) is 5.16. The number of hydrogen-bond acceptors (Lipinski definition) is 3. The highest BCUT2D eigenvalue weighted by Crippen LogP contribution is 1.93. The molecule has 0 saturated carbocycles. The van der Waals surface area contributed by atoms with E-state index in [1.807, 2.05) is 12.1 Å². The van der Waals surface area contributed by atoms with E-state index in [-0.39, 0.29) is 0 Å². The van der Waals surface area contributed by atoms with Gasteiger partial charge in [0.25, 0.3) is 0 Å². The maximum absolute atomic E-state index is 4.95. The van der Waals surface area contributed by atoms with Gasteiger partial charge in [-0.3, -0.25) is 0 Å². The van der Waals surface area contributed by atoms with Crippen molar-refractivity contribution in [1.82, 2.24) is 5.43 Å². The van der Waals surface area contributed by atoms with Crippen molar-refractivity contribution in [1.29, 1.82) is 0 Å². The molecule has 0 unspecified atom stereocenters. The molecule has 0 spiro atoms. The molecule has 0 aliphatic rings. The second-order valence-electron chi connectivity index (χ2n) is 1.50. The Bertz CT molecular complexity index is 179. The van der Waals surface area contributed by atoms with Gasteiger partial charge in [0.05, 0.1) is 12.5 Å². The van der Waals surface area contributed by atoms with Crippen molar-refractivity contribution in [2.75, 3.05) is 7.05 Å². The molecular formula is C6H8N2O. The molecule has 0 aliphatic heterocycles. The quantitative estimate of drug-likeness (QED) is 0.468. The van der Waals surface area contributed by atoms with Crippen LogP contribution in [-0.4, -0.2) is 13.3 Å². The number of nitrogens with zero attached hydrogens (tertiary/aromatic N) is 1. The maximum Gasteiger partial charge on any atom is 0.146 e. The van der Waals surface area contributed by atoms with Crippen LogP contribution in [0.4, 0.5) is 0 Å². The van der Waals surface area contributed by atoms with Gasteiger partial charge in [0.2, 0.25) is 0 Å². The summed E-state index contributed by atoms with van der Waals surface area (Å²) in [5.74, 6) is 0.754. The standard InChI is InChI=1S/C6H8N2O/c1-7-8-5-6-3-2-4-9-6/h2-5,7H,1H3. The van der Waals surface area contributed by atoms with Crippen LogP contribution in [0.5, 0.6) is 0 Å². The number of nitrogens with one attached hydrogen (secondary N) is 1. The zero-order valence-corrected chi connectivity index (χ0v) is 5.16. The van der Waals surface area contributed by atoms with Crippen LogP contribution in [0.3, 0.4) is 0 Å². The molecule has 0 amide bonds. The smallest absolute Gasteiger partial charge is 0.146 e. The Labute approximate surface area is 53.4 Å². The molecule has 1 heterocycles. The van der Waals surface area contributed by atoms with E-state index in [1.54, 1.807) is 19.5 Å². The molecule has 1 N–H and O–H groups in total. The summed E-state index contributed by atoms with van der Waals surface area (Å²) >= 11 is 0. The van der Waals surface area contributed by atoms with E-state index >= 15 is 0 Å². The van der Waals surface area contributed by atoms with E-state index in [0.29, 0.717) is 0 Å². The lowest BCUT2D eigenvalue weighted by Gasteiger charge is -1.82. The monoisotopic (exact) mass is 124 g/mol. The molecular weight excluding hydrogens is 116 g/mol. The van der Waals surface area contributed by atoms with Crippen LogP contribution < -0.4 is 5.43 Å². The molecule has 0 bridgehead atoms. The minimum atomic E-state index is 0.754. The topological polar surface area (TPSA) is 37.5 Å². The average Bonchev–Trinajstić information content (AvgIpc) is 2.34. The van der Waals surface area contributed by atoms with Crippen LogP contribution in [0.1, 0.15) is 5.76 Å². The van der Waals surface area contributed by atoms with E-state index in [2.05, 4.69) is 10.5 Å². The van der Waals surface area contributed by atoms with Crippen LogP contribution in [0, 0.1) is 0 Å². The summed E-state index contributed by atoms with van der Waals surface area (Å²) < 4.78 is 4.95. The van der Waals surface area contributed by atoms with Crippen molar-refractivity contribution < 1.29 is 4.42 Å². The lowest BCUT2D eigenvalue weighted by Crippen LogP contribution is -1.93. The summed E-state index contributed by atoms with van der Waals surface area (Å²) in [6.07, 6.45) is 3.22. The Morgan fingerprint density at radius 3 is 3.22 bits per heavy atom. The number of hydrogen-bond donors (Lipinski definition) is 1. The fraction of sp³-hybridized carbons (Fsp3) is 0.167. The number of hydrazone groups is 1. The van der Waals surface area contributed by atoms with Crippen molar-refractivity contribution in [2.24, 2.45) is 5.10 Å². The first-order valence-corrected chi connectivity index (χ1v) is 2.67. The molecule has 0 aliphatic carbocycles. The van der Waals surface area contributed by atoms with Crippen LogP contribution >= 0.6 is 0 Å². The number of rotatable bonds is 2. The van der Waals surface area contributed by atoms with E-state index in [1.165, 1.54) is 0 Å². The lowest BCUT2D eigenvalue weighted by atomic mass is 10.5. The van der Waals surface area contributed by atoms with Gasteiger partial charge in [-0.1, -0.05) is 0 Å². The third-order valence-electron chi connectivity index (χ3n) is 0.864. The van der Waals surface area contributed by atoms with E-state index in [4.69, 9.17) is 4.42 Å². The predicted molar refractivity (Wildman–Crippen MR) is 35.4 cm³/mol. The molecule has 1 rings (SSSR count). The lowest BCUT2D eigenvalue weighted by molar-refractivity contribution is 0.559. The Balaban J connectivity index is 2.57. The minimum absolute atomic E-state index is 0.754. The summed E-state index contributed by atoms with van der Waals surface area (Å²) in [7, 11) is 1.74. The van der Waals surface area contributed by atoms with Crippen molar-refractivity contribution in [2.45, 2.75) is 0 Å². The third kappa shape index (κ3) is 1.60. The van der Waals surface area contributed by atoms with Gasteiger partial charge in [-0.2, -0.15) is 5.10 Å². The molecule has 48 valence electrons. The fourth-order valence-corrected chi connectivity index (χ4v) is 0.493. The molecule has 3 nitrogen and oxygen atoms in total. The molecule has 0 radical (unpaired) electrons. The number of furan rings is 1. The highest BCUT2D eigenvalue weighted by molar-refractivity contribution is 5.75. The van der Waals surface area contributed by atoms with Crippen LogP contribution in [0.15, 0.2) is 27.9 Å². The van der Waals surface area contributed by atoms with Crippen molar-refractivity contribution >= 4 is 6.21 Å². The van der Waals surface area contributed by atoms with Gasteiger partial charge in [-0.05, 0) is 12.1 Å². The van der Waals surface area contributed by atoms with Gasteiger partial charge in [0.15, 0.2) is 0 Å². The van der Waals surface area contributed by atoms with Gasteiger partial charge < -0.3 is 9.84 Å². The van der Waals surface area contributed by atoms with Gasteiger partial charge in [0.1, 0.15) is 5.76 Å². The largest absolute Gasteiger partial charge is 0.463 e. The summed E-state index contributed by atoms with van der Waals surface area (Å²) in [5, 5.41) is 3.75. The SMILES string of the molecule is CNN=Cc1ccco1. The normalized spacial score (nSPS) is 10.3. The molecule has 0 saturated heterocycles. The van der Waals surface area contributed by atoms with Crippen LogP contribution in [0.25, 0.3) is 0 Å². The average molecular weight is 124 g/mol. The highest BCUT2D eigenvalue weighted by atomic mass is 16.3. The van der Waals surface area contributed by atoms with Gasteiger partial charge >= 0.3 is 0 Å². The molecule has 0 aromatic carbocycles. The first-order valence-electron chi connectivity index (χ1n) is 2.67. The fourth-order valence-electron chi connectivity index (χ4n) is 0.493. The van der Waals surface area contributed by atoms with Gasteiger partial charge in [0, 0.05) is 7.05 Å². The van der Waals surface area contributed by atoms with Gasteiger partial charge in [-0.25, -0.2) is 0 Å². The van der Waals surface area contributed by atoms with Crippen molar-refractivity contribution in [3.8, 4) is 0 Å². The van der Waals surface area contributed by atoms with Crippen LogP contribution in [0.2, 0.25) is 0 Å². The Kier molecular flexibility index (Phi) is 1.90. The molecule has 0 fully saturated rings. The second-order valence-corrected chi connectivity index (χ2v) is 1.50. The minimum Gasteiger partial charge on any atom is -0.463 e. The van der Waals surface area contributed by atoms with E-state index < -0.39 is 0 Å². The third-order valence-corrected chi connectivity index (χ3v) is 0.864. The Hall–Kier alpha value is -1.25. The molecule has 0 atom stereocenters. The molecule has 1 aromatic rings. The second kappa shape index (κ2) is 2.91. The maximum atomic E-state index is 4.95. The highest BCUT2D eigenvalue weighted by Gasteiger charge is 1.84. The van der Waals surface area contributed by atoms with Crippen molar-refractivity contribution in [3.05, 3.63) is 24.2 Å². The van der Waals surface area contributed by atoms with E-state index in [0.717, 1.165) is 5.76 Å². The first kappa shape index (κ1) is 5.88. The summed E-state index contributed by atoms with van der Waals surface area (Å²) in [6.45, 7) is 0. The van der Waals surface area contributed by atoms with Crippen molar-refractivity contribution in [3.63, 3.8) is 0 Å². The Morgan fingerprint density at radius 2 is 2.67 bits per heavy atom. The predicted octanol–water partition coefficient (Wildman–Crippen LogP) is 0.833. The summed E-state index contributed by atoms with van der Waals surface area (Å²) in [6, 6.07) is 3.65. The molecule has 9 heavy (non-hydrogen) atoms. The molecule has 1 aromatic heterocycles. The van der Waals surface area contributed by atoms with Crippen LogP contribution in [-0.2, 0) is 0 Å².